The number of alkyl halides is 3. The molecule has 0 fully saturated rings. The highest BCUT2D eigenvalue weighted by Gasteiger charge is 2.34. The van der Waals surface area contributed by atoms with Crippen LogP contribution in [-0.2, 0) is 11.0 Å². The second kappa shape index (κ2) is 6.23. The fourth-order valence-electron chi connectivity index (χ4n) is 1.31. The van der Waals surface area contributed by atoms with Gasteiger partial charge in [0.1, 0.15) is 5.82 Å². The van der Waals surface area contributed by atoms with E-state index in [9.17, 15) is 18.0 Å². The van der Waals surface area contributed by atoms with E-state index in [0.29, 0.717) is 0 Å². The summed E-state index contributed by atoms with van der Waals surface area (Å²) in [4.78, 5) is 16.4. The Hall–Kier alpha value is -1.31. The Kier molecular flexibility index (Phi) is 5.16. The largest absolute Gasteiger partial charge is 0.419 e. The van der Waals surface area contributed by atoms with Crippen molar-refractivity contribution < 1.29 is 18.0 Å². The molecule has 1 amide bonds. The van der Waals surface area contributed by atoms with Crippen LogP contribution in [0.15, 0.2) is 16.7 Å². The minimum atomic E-state index is -4.50. The quantitative estimate of drug-likeness (QED) is 0.917. The van der Waals surface area contributed by atoms with E-state index in [1.54, 1.807) is 14.1 Å². The fourth-order valence-corrected chi connectivity index (χ4v) is 1.64. The maximum absolute atomic E-state index is 12.8. The summed E-state index contributed by atoms with van der Waals surface area (Å²) in [6, 6.07) is 0.948. The summed E-state index contributed by atoms with van der Waals surface area (Å²) in [5.74, 6) is -0.444. The van der Waals surface area contributed by atoms with E-state index in [1.807, 2.05) is 0 Å². The van der Waals surface area contributed by atoms with Gasteiger partial charge in [-0.1, -0.05) is 0 Å². The van der Waals surface area contributed by atoms with E-state index in [0.717, 1.165) is 6.07 Å². The van der Waals surface area contributed by atoms with Crippen molar-refractivity contribution in [3.05, 3.63) is 22.3 Å². The number of nitrogens with one attached hydrogen (secondary N) is 1. The molecule has 0 saturated heterocycles. The van der Waals surface area contributed by atoms with Gasteiger partial charge in [-0.15, -0.1) is 0 Å². The van der Waals surface area contributed by atoms with E-state index in [2.05, 4.69) is 26.2 Å². The third-order valence-corrected chi connectivity index (χ3v) is 2.72. The molecule has 1 aromatic rings. The molecule has 0 bridgehead atoms. The Bertz CT molecular complexity index is 463. The van der Waals surface area contributed by atoms with Gasteiger partial charge in [0.25, 0.3) is 0 Å². The molecular formula is C11H13BrF3N3O. The molecule has 1 aromatic heterocycles. The number of carbonyl (C=O) groups is 1. The summed E-state index contributed by atoms with van der Waals surface area (Å²) in [5, 5.41) is 2.53. The lowest BCUT2D eigenvalue weighted by Gasteiger charge is -2.14. The topological polar surface area (TPSA) is 45.2 Å². The molecule has 0 saturated carbocycles. The highest BCUT2D eigenvalue weighted by Crippen LogP contribution is 2.35. The monoisotopic (exact) mass is 339 g/mol. The van der Waals surface area contributed by atoms with Gasteiger partial charge in [0.05, 0.1) is 5.56 Å². The molecule has 0 aliphatic carbocycles. The van der Waals surface area contributed by atoms with Gasteiger partial charge in [0.2, 0.25) is 5.91 Å². The van der Waals surface area contributed by atoms with Gasteiger partial charge < -0.3 is 10.2 Å². The molecule has 1 heterocycles. The van der Waals surface area contributed by atoms with Crippen LogP contribution in [0.2, 0.25) is 0 Å². The van der Waals surface area contributed by atoms with Gasteiger partial charge in [-0.3, -0.25) is 4.79 Å². The standard InChI is InChI=1S/C11H13BrF3N3O/c1-18(2)9(19)3-4-16-10-8(11(13,14)15)5-7(12)6-17-10/h5-6H,3-4H2,1-2H3,(H,16,17). The summed E-state index contributed by atoms with van der Waals surface area (Å²) >= 11 is 2.95. The van der Waals surface area contributed by atoms with Crippen molar-refractivity contribution in [1.29, 1.82) is 0 Å². The molecule has 0 atom stereocenters. The molecule has 8 heteroatoms. The normalized spacial score (nSPS) is 11.3. The molecule has 0 unspecified atom stereocenters. The first-order valence-corrected chi connectivity index (χ1v) is 6.18. The van der Waals surface area contributed by atoms with E-state index in [1.165, 1.54) is 11.1 Å². The maximum atomic E-state index is 12.8. The summed E-state index contributed by atoms with van der Waals surface area (Å²) in [5.41, 5.74) is -0.862. The van der Waals surface area contributed by atoms with Crippen LogP contribution in [0.1, 0.15) is 12.0 Å². The molecule has 0 aliphatic rings. The number of nitrogens with zero attached hydrogens (tertiary/aromatic N) is 2. The average Bonchev–Trinajstić information content (AvgIpc) is 2.29. The van der Waals surface area contributed by atoms with Crippen LogP contribution in [0.3, 0.4) is 0 Å². The van der Waals surface area contributed by atoms with Crippen molar-refractivity contribution in [2.24, 2.45) is 0 Å². The van der Waals surface area contributed by atoms with Gasteiger partial charge in [-0.25, -0.2) is 4.98 Å². The highest BCUT2D eigenvalue weighted by atomic mass is 79.9. The van der Waals surface area contributed by atoms with Crippen LogP contribution in [0, 0.1) is 0 Å². The SMILES string of the molecule is CN(C)C(=O)CCNc1ncc(Br)cc1C(F)(F)F. The van der Waals surface area contributed by atoms with E-state index < -0.39 is 11.7 Å². The summed E-state index contributed by atoms with van der Waals surface area (Å²) in [6.45, 7) is 0.0920. The molecule has 1 rings (SSSR count). The molecule has 19 heavy (non-hydrogen) atoms. The smallest absolute Gasteiger partial charge is 0.369 e. The third-order valence-electron chi connectivity index (χ3n) is 2.29. The summed E-state index contributed by atoms with van der Waals surface area (Å²) < 4.78 is 38.5. The lowest BCUT2D eigenvalue weighted by atomic mass is 10.2. The second-order valence-electron chi connectivity index (χ2n) is 4.01. The highest BCUT2D eigenvalue weighted by molar-refractivity contribution is 9.10. The first-order chi connectivity index (χ1) is 8.71. The fraction of sp³-hybridized carbons (Fsp3) is 0.455. The minimum Gasteiger partial charge on any atom is -0.369 e. The van der Waals surface area contributed by atoms with Gasteiger partial charge in [-0.05, 0) is 22.0 Å². The van der Waals surface area contributed by atoms with Gasteiger partial charge >= 0.3 is 6.18 Å². The number of amides is 1. The zero-order valence-electron chi connectivity index (χ0n) is 10.4. The molecule has 106 valence electrons. The van der Waals surface area contributed by atoms with Crippen LogP contribution < -0.4 is 5.32 Å². The lowest BCUT2D eigenvalue weighted by Crippen LogP contribution is -2.24. The number of halogens is 4. The second-order valence-corrected chi connectivity index (χ2v) is 4.93. The number of hydrogen-bond acceptors (Lipinski definition) is 3. The number of anilines is 1. The van der Waals surface area contributed by atoms with E-state index >= 15 is 0 Å². The van der Waals surface area contributed by atoms with Crippen molar-refractivity contribution >= 4 is 27.7 Å². The zero-order chi connectivity index (χ0) is 14.6. The molecule has 0 aliphatic heterocycles. The first-order valence-electron chi connectivity index (χ1n) is 5.38. The zero-order valence-corrected chi connectivity index (χ0v) is 12.0. The van der Waals surface area contributed by atoms with Crippen LogP contribution >= 0.6 is 15.9 Å². The van der Waals surface area contributed by atoms with Crippen molar-refractivity contribution in [2.75, 3.05) is 26.0 Å². The predicted octanol–water partition coefficient (Wildman–Crippen LogP) is 2.75. The lowest BCUT2D eigenvalue weighted by molar-refractivity contribution is -0.137. The Balaban J connectivity index is 2.76. The Morgan fingerprint density at radius 3 is 2.63 bits per heavy atom. The molecule has 4 nitrogen and oxygen atoms in total. The Labute approximate surface area is 117 Å². The van der Waals surface area contributed by atoms with Crippen LogP contribution in [0.4, 0.5) is 19.0 Å². The number of rotatable bonds is 4. The van der Waals surface area contributed by atoms with Gasteiger partial charge in [-0.2, -0.15) is 13.2 Å². The molecule has 0 spiro atoms. The van der Waals surface area contributed by atoms with Crippen LogP contribution in [-0.4, -0.2) is 36.4 Å². The first kappa shape index (κ1) is 15.7. The molecular weight excluding hydrogens is 327 g/mol. The van der Waals surface area contributed by atoms with Gasteiger partial charge in [0, 0.05) is 37.7 Å². The maximum Gasteiger partial charge on any atom is 0.419 e. The van der Waals surface area contributed by atoms with E-state index in [-0.39, 0.29) is 29.2 Å². The number of hydrogen-bond donors (Lipinski definition) is 1. The van der Waals surface area contributed by atoms with Crippen molar-refractivity contribution in [2.45, 2.75) is 12.6 Å². The number of pyridine rings is 1. The summed E-state index contributed by atoms with van der Waals surface area (Å²) in [6.07, 6.45) is -3.13. The Morgan fingerprint density at radius 1 is 1.47 bits per heavy atom. The third kappa shape index (κ3) is 4.70. The van der Waals surface area contributed by atoms with Crippen molar-refractivity contribution in [3.8, 4) is 0 Å². The van der Waals surface area contributed by atoms with Gasteiger partial charge in [0.15, 0.2) is 0 Å². The molecule has 0 aromatic carbocycles. The van der Waals surface area contributed by atoms with Crippen molar-refractivity contribution in [1.82, 2.24) is 9.88 Å². The van der Waals surface area contributed by atoms with E-state index in [4.69, 9.17) is 0 Å². The number of carbonyl (C=O) groups excluding carboxylic acids is 1. The molecule has 1 N–H and O–H groups in total. The predicted molar refractivity (Wildman–Crippen MR) is 68.7 cm³/mol. The minimum absolute atomic E-state index is 0.0920. The summed E-state index contributed by atoms with van der Waals surface area (Å²) in [7, 11) is 3.17. The Morgan fingerprint density at radius 2 is 2.11 bits per heavy atom. The van der Waals surface area contributed by atoms with Crippen LogP contribution in [0.5, 0.6) is 0 Å². The van der Waals surface area contributed by atoms with Crippen LogP contribution in [0.25, 0.3) is 0 Å². The number of aromatic nitrogens is 1. The average molecular weight is 340 g/mol. The molecule has 0 radical (unpaired) electrons. The van der Waals surface area contributed by atoms with Crippen molar-refractivity contribution in [3.63, 3.8) is 0 Å².